The van der Waals surface area contributed by atoms with Gasteiger partial charge in [-0.25, -0.2) is 5.43 Å². The van der Waals surface area contributed by atoms with Gasteiger partial charge in [0.15, 0.2) is 0 Å². The molecule has 4 aliphatic rings. The molecule has 4 rings (SSSR count). The first-order valence-electron chi connectivity index (χ1n) is 13.4. The maximum absolute atomic E-state index is 12.3. The molecule has 8 atom stereocenters. The third kappa shape index (κ3) is 6.91. The first kappa shape index (κ1) is 26.7. The minimum absolute atomic E-state index is 0.0148. The van der Waals surface area contributed by atoms with Gasteiger partial charge >= 0.3 is 0 Å². The van der Waals surface area contributed by atoms with Crippen molar-refractivity contribution in [1.29, 1.82) is 0 Å². The van der Waals surface area contributed by atoms with Crippen molar-refractivity contribution < 1.29 is 23.9 Å². The van der Waals surface area contributed by atoms with Crippen LogP contribution in [0.5, 0.6) is 0 Å². The van der Waals surface area contributed by atoms with Crippen LogP contribution in [-0.4, -0.2) is 69.9 Å². The summed E-state index contributed by atoms with van der Waals surface area (Å²) in [6, 6.07) is 0. The van der Waals surface area contributed by atoms with Crippen LogP contribution >= 0.6 is 0 Å². The molecule has 8 unspecified atom stereocenters. The first-order valence-corrected chi connectivity index (χ1v) is 13.4. The van der Waals surface area contributed by atoms with Crippen LogP contribution in [0.15, 0.2) is 0 Å². The summed E-state index contributed by atoms with van der Waals surface area (Å²) in [5.74, 6) is 0.861. The molecule has 4 fully saturated rings. The molecule has 2 amide bonds. The molecule has 35 heavy (non-hydrogen) atoms. The lowest BCUT2D eigenvalue weighted by Gasteiger charge is -2.41. The van der Waals surface area contributed by atoms with E-state index in [9.17, 15) is 9.59 Å². The summed E-state index contributed by atoms with van der Waals surface area (Å²) in [6.45, 7) is 1.40. The maximum Gasteiger partial charge on any atom is 0.237 e. The van der Waals surface area contributed by atoms with Gasteiger partial charge in [-0.3, -0.25) is 25.2 Å². The Hall–Kier alpha value is -1.34. The smallest absolute Gasteiger partial charge is 0.237 e. The summed E-state index contributed by atoms with van der Waals surface area (Å²) >= 11 is 0. The third-order valence-corrected chi connectivity index (χ3v) is 8.13. The highest BCUT2D eigenvalue weighted by molar-refractivity contribution is 5.79. The molecule has 0 radical (unpaired) electrons. The average molecular weight is 497 g/mol. The van der Waals surface area contributed by atoms with Crippen molar-refractivity contribution in [2.45, 2.75) is 95.0 Å². The zero-order valence-electron chi connectivity index (χ0n) is 21.1. The van der Waals surface area contributed by atoms with Crippen LogP contribution in [0.3, 0.4) is 0 Å². The number of methoxy groups -OCH3 is 2. The largest absolute Gasteiger partial charge is 0.379 e. The van der Waals surface area contributed by atoms with Crippen molar-refractivity contribution in [2.24, 2.45) is 17.8 Å². The highest BCUT2D eigenvalue weighted by atomic mass is 16.7. The Morgan fingerprint density at radius 3 is 2.71 bits per heavy atom. The summed E-state index contributed by atoms with van der Waals surface area (Å²) < 4.78 is 11.3. The SMILES string of the molecule is COC1CCCC(C2NOC(CCC(=O)NCCCNC3NNC(=O)C4CCCCC34)N2)C1OC. The molecular formula is C24H44N6O5. The molecule has 11 nitrogen and oxygen atoms in total. The zero-order valence-corrected chi connectivity index (χ0v) is 21.1. The van der Waals surface area contributed by atoms with Crippen molar-refractivity contribution >= 4 is 11.8 Å². The molecule has 2 saturated heterocycles. The van der Waals surface area contributed by atoms with Gasteiger partial charge in [0, 0.05) is 44.9 Å². The highest BCUT2D eigenvalue weighted by Crippen LogP contribution is 2.34. The van der Waals surface area contributed by atoms with E-state index in [1.165, 1.54) is 6.42 Å². The number of rotatable bonds is 11. The van der Waals surface area contributed by atoms with Crippen LogP contribution in [0, 0.1) is 17.8 Å². The summed E-state index contributed by atoms with van der Waals surface area (Å²) in [5.41, 5.74) is 9.03. The van der Waals surface area contributed by atoms with E-state index in [1.54, 1.807) is 14.2 Å². The minimum atomic E-state index is -0.205. The Kier molecular flexibility index (Phi) is 10.1. The van der Waals surface area contributed by atoms with Crippen LogP contribution in [0.2, 0.25) is 0 Å². The number of hydroxylamine groups is 1. The number of nitrogens with one attached hydrogen (secondary N) is 6. The molecule has 0 aromatic rings. The number of carbonyl (C=O) groups excluding carboxylic acids is 2. The Morgan fingerprint density at radius 1 is 1.06 bits per heavy atom. The van der Waals surface area contributed by atoms with Crippen molar-refractivity contribution in [3.8, 4) is 0 Å². The number of hydrogen-bond donors (Lipinski definition) is 6. The molecule has 11 heteroatoms. The number of hydrogen-bond acceptors (Lipinski definition) is 9. The van der Waals surface area contributed by atoms with Gasteiger partial charge in [0.05, 0.1) is 24.5 Å². The monoisotopic (exact) mass is 496 g/mol. The van der Waals surface area contributed by atoms with E-state index in [0.717, 1.165) is 51.5 Å². The molecule has 0 aromatic heterocycles. The molecule has 2 saturated carbocycles. The second-order valence-electron chi connectivity index (χ2n) is 10.3. The fourth-order valence-corrected chi connectivity index (χ4v) is 6.23. The van der Waals surface area contributed by atoms with Gasteiger partial charge in [0.25, 0.3) is 0 Å². The number of ether oxygens (including phenoxy) is 2. The van der Waals surface area contributed by atoms with E-state index in [2.05, 4.69) is 32.3 Å². The van der Waals surface area contributed by atoms with E-state index in [-0.39, 0.29) is 54.4 Å². The Morgan fingerprint density at radius 2 is 1.89 bits per heavy atom. The number of carbonyl (C=O) groups is 2. The van der Waals surface area contributed by atoms with Crippen molar-refractivity contribution in [3.05, 3.63) is 0 Å². The van der Waals surface area contributed by atoms with Crippen LogP contribution in [-0.2, 0) is 23.9 Å². The second kappa shape index (κ2) is 13.3. The van der Waals surface area contributed by atoms with Crippen LogP contribution in [0.25, 0.3) is 0 Å². The summed E-state index contributed by atoms with van der Waals surface area (Å²) in [6.07, 6.45) is 9.33. The van der Waals surface area contributed by atoms with Crippen LogP contribution in [0.4, 0.5) is 0 Å². The van der Waals surface area contributed by atoms with E-state index in [1.807, 2.05) is 0 Å². The lowest BCUT2D eigenvalue weighted by Crippen LogP contribution is -2.64. The van der Waals surface area contributed by atoms with Crippen molar-refractivity contribution in [3.63, 3.8) is 0 Å². The van der Waals surface area contributed by atoms with Gasteiger partial charge in [-0.2, -0.15) is 5.48 Å². The Labute approximate surface area is 208 Å². The van der Waals surface area contributed by atoms with Gasteiger partial charge in [0.2, 0.25) is 11.8 Å². The highest BCUT2D eigenvalue weighted by Gasteiger charge is 2.42. The van der Waals surface area contributed by atoms with Gasteiger partial charge in [0.1, 0.15) is 6.23 Å². The predicted molar refractivity (Wildman–Crippen MR) is 129 cm³/mol. The fraction of sp³-hybridized carbons (Fsp3) is 0.917. The normalized spacial score (nSPS) is 37.5. The second-order valence-corrected chi connectivity index (χ2v) is 10.3. The summed E-state index contributed by atoms with van der Waals surface area (Å²) in [5, 5.41) is 9.98. The van der Waals surface area contributed by atoms with Crippen molar-refractivity contribution in [1.82, 2.24) is 32.3 Å². The van der Waals surface area contributed by atoms with Gasteiger partial charge < -0.3 is 20.1 Å². The number of hydrazine groups is 1. The van der Waals surface area contributed by atoms with E-state index < -0.39 is 0 Å². The van der Waals surface area contributed by atoms with Gasteiger partial charge in [-0.15, -0.1) is 0 Å². The molecule has 200 valence electrons. The number of fused-ring (bicyclic) bond motifs is 1. The summed E-state index contributed by atoms with van der Waals surface area (Å²) in [7, 11) is 3.47. The molecule has 2 aliphatic carbocycles. The molecule has 2 aliphatic heterocycles. The molecular weight excluding hydrogens is 452 g/mol. The predicted octanol–water partition coefficient (Wildman–Crippen LogP) is 0.236. The van der Waals surface area contributed by atoms with E-state index >= 15 is 0 Å². The van der Waals surface area contributed by atoms with Gasteiger partial charge in [-0.1, -0.05) is 19.3 Å². The lowest BCUT2D eigenvalue weighted by molar-refractivity contribution is -0.134. The van der Waals surface area contributed by atoms with Crippen LogP contribution < -0.4 is 32.3 Å². The lowest BCUT2D eigenvalue weighted by atomic mass is 9.76. The van der Waals surface area contributed by atoms with Crippen molar-refractivity contribution in [2.75, 3.05) is 27.3 Å². The Balaban J connectivity index is 1.08. The molecule has 2 heterocycles. The first-order chi connectivity index (χ1) is 17.1. The quantitative estimate of drug-likeness (QED) is 0.222. The maximum atomic E-state index is 12.3. The zero-order chi connectivity index (χ0) is 24.6. The Bertz CT molecular complexity index is 699. The van der Waals surface area contributed by atoms with Gasteiger partial charge in [-0.05, 0) is 45.1 Å². The van der Waals surface area contributed by atoms with E-state index in [0.29, 0.717) is 25.3 Å². The fourth-order valence-electron chi connectivity index (χ4n) is 6.23. The minimum Gasteiger partial charge on any atom is -0.379 e. The molecule has 6 N–H and O–H groups in total. The van der Waals surface area contributed by atoms with Crippen LogP contribution in [0.1, 0.15) is 64.2 Å². The number of amides is 2. The standard InChI is InChI=1S/C24H44N6O5/c1-33-18-10-5-9-17(21(18)34-2)23-27-20(35-30-23)12-11-19(31)25-13-6-14-26-22-15-7-3-4-8-16(15)24(32)29-28-22/h15-18,20-23,26-28,30H,3-14H2,1-2H3,(H,25,31)(H,29,32). The molecule has 0 aromatic carbocycles. The topological polar surface area (TPSA) is 134 Å². The summed E-state index contributed by atoms with van der Waals surface area (Å²) in [4.78, 5) is 30.1. The van der Waals surface area contributed by atoms with E-state index in [4.69, 9.17) is 14.3 Å². The third-order valence-electron chi connectivity index (χ3n) is 8.13. The molecule has 0 bridgehead atoms. The molecule has 0 spiro atoms. The average Bonchev–Trinajstić information content (AvgIpc) is 3.37.